The van der Waals surface area contributed by atoms with Crippen molar-refractivity contribution in [3.63, 3.8) is 0 Å². The first-order valence-corrected chi connectivity index (χ1v) is 24.4. The summed E-state index contributed by atoms with van der Waals surface area (Å²) in [6.07, 6.45) is 2.97. The lowest BCUT2D eigenvalue weighted by molar-refractivity contribution is -0.266. The van der Waals surface area contributed by atoms with Crippen molar-refractivity contribution in [1.29, 1.82) is 0 Å². The number of ether oxygens (including phenoxy) is 6. The van der Waals surface area contributed by atoms with Crippen LogP contribution in [0.15, 0.2) is 23.8 Å². The van der Waals surface area contributed by atoms with Crippen LogP contribution >= 0.6 is 0 Å². The van der Waals surface area contributed by atoms with Crippen LogP contribution in [0.5, 0.6) is 0 Å². The highest BCUT2D eigenvalue weighted by Gasteiger charge is 2.67. The largest absolute Gasteiger partial charge is 0.460 e. The van der Waals surface area contributed by atoms with E-state index >= 15 is 0 Å². The summed E-state index contributed by atoms with van der Waals surface area (Å²) in [4.78, 5) is 71.8. The average Bonchev–Trinajstić information content (AvgIpc) is 4.22. The fourth-order valence-corrected chi connectivity index (χ4v) is 11.0. The minimum absolute atomic E-state index is 0.0228. The van der Waals surface area contributed by atoms with Gasteiger partial charge in [-0.3, -0.25) is 19.2 Å². The van der Waals surface area contributed by atoms with Gasteiger partial charge in [0, 0.05) is 51.4 Å². The summed E-state index contributed by atoms with van der Waals surface area (Å²) in [5.41, 5.74) is -0.603. The fraction of sp³-hybridized carbons (Fsp3) is 0.820. The van der Waals surface area contributed by atoms with Crippen molar-refractivity contribution in [2.45, 2.75) is 204 Å². The van der Waals surface area contributed by atoms with E-state index in [0.29, 0.717) is 63.4 Å². The standard InChI is InChI=1S/C50H77NO15/c1-26-13-18-37-43(63-37)46-49(7,66-46)40(54)24-33-16-14-31(6)50(60,65-33)45(57)47(58)51-19-11-10-12-34(51)48(59)64-38(28(3)22-32-15-17-35(52)39(23-32)61-8)25-36(53)27(2)21-30(5)42(56)44(62-9)41(55)29(4)20-26/h13,18,21,26-29,31-35,37-40,42-44,46,52,54,56,60H,10-12,14-17,19-20,22-25H2,1-9H3/b18-13+,30-21+/t26-,27-,28-,29-,31-,32+,33+,34+,35-,37?,38+,39-,40?,42-,43?,44+,46?,49?,50-/m1/s1. The van der Waals surface area contributed by atoms with Gasteiger partial charge in [0.2, 0.25) is 5.79 Å². The molecule has 66 heavy (non-hydrogen) atoms. The SMILES string of the molecule is CO[C@@H]1C[C@H](C[C@@H](C)[C@@H]2CC(=O)[C@H](C)/C=C(\C)[C@@H](O)[C@@H](OC)C(=O)[C@H](C)C[C@H](C)/C=C/C3OC3C3OC3(C)C(O)C[C@@H]3CC[C@@H](C)[C@@](O)(O3)C(=O)C(=O)N3CCCC[C@H]3C(=O)O2)CC[C@H]1O. The third-order valence-electron chi connectivity index (χ3n) is 15.7. The van der Waals surface area contributed by atoms with Gasteiger partial charge < -0.3 is 53.7 Å². The summed E-state index contributed by atoms with van der Waals surface area (Å²) in [7, 11) is 2.92. The topological polar surface area (TPSA) is 231 Å². The van der Waals surface area contributed by atoms with Gasteiger partial charge in [-0.2, -0.15) is 0 Å². The first kappa shape index (κ1) is 52.4. The molecular formula is C50H77NO15. The molecule has 0 radical (unpaired) electrons. The lowest BCUT2D eigenvalue weighted by Gasteiger charge is -2.42. The van der Waals surface area contributed by atoms with Crippen molar-refractivity contribution in [3.05, 3.63) is 23.8 Å². The molecule has 2 bridgehead atoms. The Bertz CT molecular complexity index is 1820. The second-order valence-corrected chi connectivity index (χ2v) is 20.9. The Morgan fingerprint density at radius 1 is 0.894 bits per heavy atom. The monoisotopic (exact) mass is 932 g/mol. The summed E-state index contributed by atoms with van der Waals surface area (Å²) in [5, 5.41) is 45.3. The Morgan fingerprint density at radius 2 is 1.62 bits per heavy atom. The summed E-state index contributed by atoms with van der Waals surface area (Å²) in [5.74, 6) is -8.42. The highest BCUT2D eigenvalue weighted by molar-refractivity contribution is 6.39. The lowest BCUT2D eigenvalue weighted by atomic mass is 9.78. The molecule has 1 amide bonds. The number of cyclic esters (lactones) is 1. The Morgan fingerprint density at radius 3 is 2.32 bits per heavy atom. The van der Waals surface area contributed by atoms with Crippen molar-refractivity contribution in [2.75, 3.05) is 20.8 Å². The molecule has 16 nitrogen and oxygen atoms in total. The van der Waals surface area contributed by atoms with Gasteiger partial charge in [0.1, 0.15) is 54.0 Å². The first-order chi connectivity index (χ1) is 31.1. The molecule has 0 spiro atoms. The van der Waals surface area contributed by atoms with E-state index in [0.717, 1.165) is 4.90 Å². The summed E-state index contributed by atoms with van der Waals surface area (Å²) >= 11 is 0. The second kappa shape index (κ2) is 21.8. The van der Waals surface area contributed by atoms with Crippen LogP contribution in [0, 0.1) is 35.5 Å². The smallest absolute Gasteiger partial charge is 0.329 e. The van der Waals surface area contributed by atoms with Gasteiger partial charge in [-0.05, 0) is 101 Å². The van der Waals surface area contributed by atoms with E-state index in [9.17, 15) is 44.4 Å². The highest BCUT2D eigenvalue weighted by atomic mass is 16.7. The number of epoxide rings is 2. The molecule has 16 heteroatoms. The minimum Gasteiger partial charge on any atom is -0.460 e. The van der Waals surface area contributed by atoms with Crippen LogP contribution in [0.4, 0.5) is 0 Å². The van der Waals surface area contributed by atoms with E-state index in [2.05, 4.69) is 0 Å². The number of fused-ring (bicyclic) bond motifs is 6. The van der Waals surface area contributed by atoms with E-state index in [-0.39, 0.29) is 73.4 Å². The first-order valence-electron chi connectivity index (χ1n) is 24.4. The maximum atomic E-state index is 14.4. The van der Waals surface area contributed by atoms with Crippen LogP contribution in [0.2, 0.25) is 0 Å². The molecule has 5 unspecified atom stereocenters. The molecule has 19 atom stereocenters. The van der Waals surface area contributed by atoms with Crippen molar-refractivity contribution in [2.24, 2.45) is 35.5 Å². The number of methoxy groups -OCH3 is 2. The van der Waals surface area contributed by atoms with Crippen molar-refractivity contribution in [1.82, 2.24) is 4.90 Å². The van der Waals surface area contributed by atoms with Crippen LogP contribution in [0.1, 0.15) is 126 Å². The zero-order chi connectivity index (χ0) is 48.4. The molecule has 0 aromatic heterocycles. The van der Waals surface area contributed by atoms with Crippen molar-refractivity contribution >= 4 is 29.2 Å². The number of hydrogen-bond acceptors (Lipinski definition) is 15. The van der Waals surface area contributed by atoms with E-state index in [1.807, 2.05) is 26.0 Å². The summed E-state index contributed by atoms with van der Waals surface area (Å²) in [6.45, 7) is 12.5. The lowest BCUT2D eigenvalue weighted by Crippen LogP contribution is -2.61. The maximum absolute atomic E-state index is 14.4. The maximum Gasteiger partial charge on any atom is 0.329 e. The summed E-state index contributed by atoms with van der Waals surface area (Å²) < 4.78 is 35.4. The average molecular weight is 932 g/mol. The normalized spacial score (nSPS) is 45.6. The molecule has 1 saturated carbocycles. The van der Waals surface area contributed by atoms with E-state index in [1.165, 1.54) is 7.11 Å². The van der Waals surface area contributed by atoms with Crippen molar-refractivity contribution < 1.29 is 72.8 Å². The molecule has 4 saturated heterocycles. The van der Waals surface area contributed by atoms with Crippen LogP contribution in [0.3, 0.4) is 0 Å². The Labute approximate surface area is 390 Å². The number of rotatable bonds is 5. The minimum atomic E-state index is -2.51. The number of amides is 1. The number of allylic oxidation sites excluding steroid dienone is 2. The van der Waals surface area contributed by atoms with Gasteiger partial charge in [0.05, 0.1) is 24.4 Å². The van der Waals surface area contributed by atoms with Crippen LogP contribution in [0.25, 0.3) is 0 Å². The zero-order valence-corrected chi connectivity index (χ0v) is 40.5. The molecule has 0 aromatic rings. The number of ketones is 3. The van der Waals surface area contributed by atoms with E-state index in [1.54, 1.807) is 47.8 Å². The number of Topliss-reactive ketones (excluding diaryl/α,β-unsaturated/α-hetero) is 3. The van der Waals surface area contributed by atoms with Crippen molar-refractivity contribution in [3.8, 4) is 0 Å². The molecule has 5 aliphatic heterocycles. The molecular weight excluding hydrogens is 855 g/mol. The van der Waals surface area contributed by atoms with Crippen LogP contribution in [-0.4, -0.2) is 154 Å². The second-order valence-electron chi connectivity index (χ2n) is 20.9. The van der Waals surface area contributed by atoms with Gasteiger partial charge >= 0.3 is 5.97 Å². The molecule has 6 aliphatic rings. The number of esters is 1. The fourth-order valence-electron chi connectivity index (χ4n) is 11.0. The van der Waals surface area contributed by atoms with Gasteiger partial charge in [-0.15, -0.1) is 0 Å². The molecule has 6 rings (SSSR count). The zero-order valence-electron chi connectivity index (χ0n) is 40.5. The van der Waals surface area contributed by atoms with Crippen LogP contribution in [-0.2, 0) is 52.4 Å². The molecule has 4 N–H and O–H groups in total. The number of aliphatic hydroxyl groups is 4. The van der Waals surface area contributed by atoms with E-state index < -0.39 is 95.6 Å². The number of aliphatic hydroxyl groups excluding tert-OH is 3. The van der Waals surface area contributed by atoms with Gasteiger partial charge in [-0.1, -0.05) is 52.8 Å². The Kier molecular flexibility index (Phi) is 17.3. The predicted molar refractivity (Wildman–Crippen MR) is 239 cm³/mol. The van der Waals surface area contributed by atoms with E-state index in [4.69, 9.17) is 28.4 Å². The third kappa shape index (κ3) is 11.7. The molecule has 5 fully saturated rings. The number of carbonyl (C=O) groups is 5. The molecule has 1 aliphatic carbocycles. The molecule has 0 aromatic carbocycles. The highest BCUT2D eigenvalue weighted by Crippen LogP contribution is 2.50. The van der Waals surface area contributed by atoms with Gasteiger partial charge in [0.15, 0.2) is 5.78 Å². The number of nitrogens with zero attached hydrogens (tertiary/aromatic N) is 1. The van der Waals surface area contributed by atoms with Gasteiger partial charge in [0.25, 0.3) is 11.7 Å². The van der Waals surface area contributed by atoms with Crippen LogP contribution < -0.4 is 0 Å². The Balaban J connectivity index is 1.28. The van der Waals surface area contributed by atoms with Gasteiger partial charge in [-0.25, -0.2) is 4.79 Å². The third-order valence-corrected chi connectivity index (χ3v) is 15.7. The number of piperidine rings is 1. The summed E-state index contributed by atoms with van der Waals surface area (Å²) in [6, 6.07) is -1.17. The number of hydrogen-bond donors (Lipinski definition) is 4. The predicted octanol–water partition coefficient (Wildman–Crippen LogP) is 3.95. The Hall–Kier alpha value is -2.93. The quantitative estimate of drug-likeness (QED) is 0.132. The number of carbonyl (C=O) groups excluding carboxylic acids is 5. The molecule has 5 heterocycles. The molecule has 372 valence electrons.